The van der Waals surface area contributed by atoms with Gasteiger partial charge in [0.2, 0.25) is 0 Å². The average molecular weight is 476 g/mol. The van der Waals surface area contributed by atoms with Gasteiger partial charge in [0.1, 0.15) is 0 Å². The Morgan fingerprint density at radius 3 is 2.27 bits per heavy atom. The van der Waals surface area contributed by atoms with Gasteiger partial charge in [0.05, 0.1) is 29.2 Å². The van der Waals surface area contributed by atoms with Gasteiger partial charge in [-0.1, -0.05) is 19.4 Å². The van der Waals surface area contributed by atoms with Gasteiger partial charge >= 0.3 is 11.9 Å². The molecule has 33 heavy (non-hydrogen) atoms. The Kier molecular flexibility index (Phi) is 9.59. The van der Waals surface area contributed by atoms with Gasteiger partial charge in [-0.3, -0.25) is 9.59 Å². The molecule has 0 atom stereocenters. The van der Waals surface area contributed by atoms with E-state index in [1.165, 1.54) is 30.3 Å². The van der Waals surface area contributed by atoms with Crippen molar-refractivity contribution in [2.45, 2.75) is 44.9 Å². The molecule has 0 aromatic heterocycles. The first kappa shape index (κ1) is 26.1. The highest BCUT2D eigenvalue weighted by Gasteiger charge is 2.18. The van der Waals surface area contributed by atoms with Crippen molar-refractivity contribution in [2.24, 2.45) is 0 Å². The number of carbonyl (C=O) groups is 3. The normalized spacial score (nSPS) is 11.0. The van der Waals surface area contributed by atoms with E-state index in [1.807, 2.05) is 20.8 Å². The maximum absolute atomic E-state index is 12.4. The number of ether oxygens (including phenoxy) is 2. The van der Waals surface area contributed by atoms with Crippen LogP contribution in [-0.4, -0.2) is 45.2 Å². The molecule has 0 aliphatic heterocycles. The third kappa shape index (κ3) is 8.34. The first-order valence-corrected chi connectivity index (χ1v) is 12.3. The number of sulfone groups is 1. The van der Waals surface area contributed by atoms with Gasteiger partial charge in [0, 0.05) is 5.69 Å². The Hall–Kier alpha value is -3.20. The lowest BCUT2D eigenvalue weighted by atomic mass is 10.1. The van der Waals surface area contributed by atoms with Crippen LogP contribution < -0.4 is 5.32 Å². The van der Waals surface area contributed by atoms with E-state index in [4.69, 9.17) is 9.47 Å². The summed E-state index contributed by atoms with van der Waals surface area (Å²) in [5.41, 5.74) is 2.59. The number of unbranched alkanes of at least 4 members (excludes halogenated alkanes) is 1. The molecule has 0 spiro atoms. The topological polar surface area (TPSA) is 116 Å². The van der Waals surface area contributed by atoms with Crippen LogP contribution in [0.3, 0.4) is 0 Å². The molecule has 0 unspecified atom stereocenters. The fourth-order valence-electron chi connectivity index (χ4n) is 2.74. The molecular formula is C24H29NO7S. The molecule has 8 nitrogen and oxygen atoms in total. The van der Waals surface area contributed by atoms with Crippen LogP contribution in [-0.2, 0) is 28.9 Å². The molecule has 178 valence electrons. The minimum absolute atomic E-state index is 0.147. The number of aryl methyl sites for hydroxylation is 2. The van der Waals surface area contributed by atoms with Gasteiger partial charge in [-0.2, -0.15) is 0 Å². The highest BCUT2D eigenvalue weighted by Crippen LogP contribution is 2.17. The first-order valence-electron chi connectivity index (χ1n) is 10.6. The largest absolute Gasteiger partial charge is 0.462 e. The summed E-state index contributed by atoms with van der Waals surface area (Å²) in [6, 6.07) is 10.9. The van der Waals surface area contributed by atoms with Crippen molar-refractivity contribution in [1.29, 1.82) is 0 Å². The van der Waals surface area contributed by atoms with Crippen molar-refractivity contribution in [2.75, 3.05) is 24.3 Å². The smallest absolute Gasteiger partial charge is 0.338 e. The van der Waals surface area contributed by atoms with Gasteiger partial charge in [0.25, 0.3) is 5.91 Å². The lowest BCUT2D eigenvalue weighted by molar-refractivity contribution is -0.146. The summed E-state index contributed by atoms with van der Waals surface area (Å²) in [5.74, 6) is -2.22. The molecular weight excluding hydrogens is 446 g/mol. The lowest BCUT2D eigenvalue weighted by Crippen LogP contribution is -2.22. The molecule has 1 amide bonds. The van der Waals surface area contributed by atoms with E-state index < -0.39 is 40.0 Å². The summed E-state index contributed by atoms with van der Waals surface area (Å²) in [6.45, 7) is 5.49. The summed E-state index contributed by atoms with van der Waals surface area (Å²) < 4.78 is 34.8. The van der Waals surface area contributed by atoms with Crippen molar-refractivity contribution in [1.82, 2.24) is 0 Å². The molecule has 0 bridgehead atoms. The number of hydrogen-bond acceptors (Lipinski definition) is 7. The first-order chi connectivity index (χ1) is 15.6. The van der Waals surface area contributed by atoms with Gasteiger partial charge in [0.15, 0.2) is 16.4 Å². The molecule has 0 fully saturated rings. The third-order valence-corrected chi connectivity index (χ3v) is 6.63. The maximum Gasteiger partial charge on any atom is 0.338 e. The van der Waals surface area contributed by atoms with Crippen molar-refractivity contribution >= 4 is 33.4 Å². The monoisotopic (exact) mass is 475 g/mol. The second-order valence-corrected chi connectivity index (χ2v) is 9.70. The highest BCUT2D eigenvalue weighted by atomic mass is 32.2. The van der Waals surface area contributed by atoms with E-state index in [-0.39, 0.29) is 11.3 Å². The van der Waals surface area contributed by atoms with E-state index in [2.05, 4.69) is 5.32 Å². The van der Waals surface area contributed by atoms with Crippen LogP contribution in [0, 0.1) is 13.8 Å². The lowest BCUT2D eigenvalue weighted by Gasteiger charge is -2.09. The number of nitrogens with one attached hydrogen (secondary N) is 1. The number of amides is 1. The molecule has 2 rings (SSSR count). The molecule has 0 saturated carbocycles. The minimum Gasteiger partial charge on any atom is -0.462 e. The number of hydrogen-bond donors (Lipinski definition) is 1. The predicted molar refractivity (Wildman–Crippen MR) is 124 cm³/mol. The van der Waals surface area contributed by atoms with Crippen molar-refractivity contribution in [3.05, 3.63) is 59.2 Å². The standard InChI is InChI=1S/C24H29NO7S/c1-4-5-13-31-24(28)19-7-9-20(10-8-19)25-22(26)16-32-23(27)12-14-33(29,30)21-11-6-17(2)18(3)15-21/h6-11,15H,4-5,12-14,16H2,1-3H3,(H,25,26). The second kappa shape index (κ2) is 12.2. The highest BCUT2D eigenvalue weighted by molar-refractivity contribution is 7.91. The van der Waals surface area contributed by atoms with Crippen LogP contribution in [0.1, 0.15) is 47.7 Å². The van der Waals surface area contributed by atoms with Crippen molar-refractivity contribution in [3.8, 4) is 0 Å². The molecule has 0 radical (unpaired) electrons. The number of rotatable bonds is 11. The van der Waals surface area contributed by atoms with Gasteiger partial charge in [-0.25, -0.2) is 13.2 Å². The van der Waals surface area contributed by atoms with Crippen LogP contribution in [0.15, 0.2) is 47.4 Å². The van der Waals surface area contributed by atoms with E-state index in [9.17, 15) is 22.8 Å². The predicted octanol–water partition coefficient (Wildman–Crippen LogP) is 3.61. The number of carbonyl (C=O) groups excluding carboxylic acids is 3. The van der Waals surface area contributed by atoms with E-state index >= 15 is 0 Å². The Morgan fingerprint density at radius 2 is 1.64 bits per heavy atom. The Balaban J connectivity index is 1.78. The zero-order valence-corrected chi connectivity index (χ0v) is 19.9. The Morgan fingerprint density at radius 1 is 0.939 bits per heavy atom. The summed E-state index contributed by atoms with van der Waals surface area (Å²) in [5, 5.41) is 2.54. The quantitative estimate of drug-likeness (QED) is 0.390. The van der Waals surface area contributed by atoms with E-state index in [0.29, 0.717) is 17.9 Å². The molecule has 1 N–H and O–H groups in total. The molecule has 0 saturated heterocycles. The molecule has 2 aromatic rings. The van der Waals surface area contributed by atoms with Crippen LogP contribution in [0.25, 0.3) is 0 Å². The minimum atomic E-state index is -3.64. The third-order valence-electron chi connectivity index (χ3n) is 4.91. The van der Waals surface area contributed by atoms with Gasteiger partial charge in [-0.15, -0.1) is 0 Å². The van der Waals surface area contributed by atoms with Gasteiger partial charge in [-0.05, 0) is 67.8 Å². The molecule has 9 heteroatoms. The van der Waals surface area contributed by atoms with Crippen LogP contribution >= 0.6 is 0 Å². The summed E-state index contributed by atoms with van der Waals surface area (Å²) in [4.78, 5) is 35.9. The second-order valence-electron chi connectivity index (χ2n) is 7.59. The fourth-order valence-corrected chi connectivity index (χ4v) is 4.04. The maximum atomic E-state index is 12.4. The van der Waals surface area contributed by atoms with Crippen LogP contribution in [0.2, 0.25) is 0 Å². The Labute approximate surface area is 194 Å². The molecule has 0 aliphatic carbocycles. The van der Waals surface area contributed by atoms with Crippen molar-refractivity contribution < 1.29 is 32.3 Å². The van der Waals surface area contributed by atoms with Crippen LogP contribution in [0.4, 0.5) is 5.69 Å². The van der Waals surface area contributed by atoms with E-state index in [1.54, 1.807) is 12.1 Å². The molecule has 2 aromatic carbocycles. The number of benzene rings is 2. The van der Waals surface area contributed by atoms with Crippen LogP contribution in [0.5, 0.6) is 0 Å². The zero-order chi connectivity index (χ0) is 24.4. The summed E-state index contributed by atoms with van der Waals surface area (Å²) >= 11 is 0. The molecule has 0 aliphatic rings. The number of esters is 2. The summed E-state index contributed by atoms with van der Waals surface area (Å²) in [7, 11) is -3.64. The summed E-state index contributed by atoms with van der Waals surface area (Å²) in [6.07, 6.45) is 1.35. The Bertz CT molecular complexity index is 1090. The van der Waals surface area contributed by atoms with Gasteiger partial charge < -0.3 is 14.8 Å². The average Bonchev–Trinajstić information content (AvgIpc) is 2.78. The zero-order valence-electron chi connectivity index (χ0n) is 19.1. The number of anilines is 1. The van der Waals surface area contributed by atoms with Crippen molar-refractivity contribution in [3.63, 3.8) is 0 Å². The SMILES string of the molecule is CCCCOC(=O)c1ccc(NC(=O)COC(=O)CCS(=O)(=O)c2ccc(C)c(C)c2)cc1. The molecule has 0 heterocycles. The van der Waals surface area contributed by atoms with E-state index in [0.717, 1.165) is 24.0 Å². The fraction of sp³-hybridized carbons (Fsp3) is 0.375.